The molecule has 0 aromatic heterocycles. The minimum atomic E-state index is 0.152. The zero-order chi connectivity index (χ0) is 15.2. The van der Waals surface area contributed by atoms with E-state index in [1.54, 1.807) is 0 Å². The third-order valence-electron chi connectivity index (χ3n) is 3.94. The van der Waals surface area contributed by atoms with Crippen LogP contribution in [0, 0.1) is 6.92 Å². The van der Waals surface area contributed by atoms with E-state index >= 15 is 0 Å². The maximum atomic E-state index is 10.3. The van der Waals surface area contributed by atoms with Crippen molar-refractivity contribution in [2.45, 2.75) is 39.7 Å². The van der Waals surface area contributed by atoms with Crippen LogP contribution in [0.15, 0.2) is 48.5 Å². The maximum Gasteiger partial charge on any atom is 0.121 e. The second-order valence-electron chi connectivity index (χ2n) is 5.62. The highest BCUT2D eigenvalue weighted by atomic mass is 16.3. The van der Waals surface area contributed by atoms with E-state index < -0.39 is 0 Å². The van der Waals surface area contributed by atoms with Gasteiger partial charge in [-0.2, -0.15) is 0 Å². The lowest BCUT2D eigenvalue weighted by molar-refractivity contribution is 0.459. The fourth-order valence-electron chi connectivity index (χ4n) is 2.67. The molecule has 1 atom stereocenters. The van der Waals surface area contributed by atoms with Gasteiger partial charge in [0, 0.05) is 17.8 Å². The van der Waals surface area contributed by atoms with E-state index in [0.717, 1.165) is 30.5 Å². The van der Waals surface area contributed by atoms with Gasteiger partial charge in [0.05, 0.1) is 6.04 Å². The van der Waals surface area contributed by atoms with Crippen LogP contribution in [0.5, 0.6) is 5.75 Å². The number of aryl methyl sites for hydroxylation is 1. The van der Waals surface area contributed by atoms with Crippen LogP contribution in [0.2, 0.25) is 0 Å². The Bertz CT molecular complexity index is 565. The highest BCUT2D eigenvalue weighted by molar-refractivity contribution is 5.50. The molecule has 2 rings (SSSR count). The predicted molar refractivity (Wildman–Crippen MR) is 90.0 cm³/mol. The van der Waals surface area contributed by atoms with Crippen molar-refractivity contribution in [1.82, 2.24) is 0 Å². The first-order chi connectivity index (χ1) is 10.1. The summed E-state index contributed by atoms with van der Waals surface area (Å²) >= 11 is 0. The summed E-state index contributed by atoms with van der Waals surface area (Å²) in [6.45, 7) is 7.36. The Morgan fingerprint density at radius 3 is 2.43 bits per heavy atom. The molecular formula is C19H25NO. The van der Waals surface area contributed by atoms with Crippen LogP contribution < -0.4 is 4.90 Å². The number of aromatic hydroxyl groups is 1. The number of phenolic OH excluding ortho intramolecular Hbond substituents is 1. The quantitative estimate of drug-likeness (QED) is 0.800. The monoisotopic (exact) mass is 283 g/mol. The number of anilines is 1. The van der Waals surface area contributed by atoms with Gasteiger partial charge in [-0.25, -0.2) is 0 Å². The number of para-hydroxylation sites is 1. The Balaban J connectivity index is 2.31. The topological polar surface area (TPSA) is 23.5 Å². The van der Waals surface area contributed by atoms with Gasteiger partial charge in [-0.1, -0.05) is 43.7 Å². The second-order valence-corrected chi connectivity index (χ2v) is 5.62. The molecule has 2 aromatic carbocycles. The van der Waals surface area contributed by atoms with Crippen LogP contribution in [0.25, 0.3) is 0 Å². The van der Waals surface area contributed by atoms with Crippen molar-refractivity contribution in [2.75, 3.05) is 11.4 Å². The summed E-state index contributed by atoms with van der Waals surface area (Å²) in [5, 5.41) is 10.3. The Labute approximate surface area is 128 Å². The van der Waals surface area contributed by atoms with Gasteiger partial charge in [0.25, 0.3) is 0 Å². The molecule has 0 spiro atoms. The number of rotatable bonds is 6. The molecule has 0 aliphatic carbocycles. The van der Waals surface area contributed by atoms with Gasteiger partial charge in [0.1, 0.15) is 5.75 Å². The molecule has 0 saturated heterocycles. The second kappa shape index (κ2) is 7.16. The number of hydrogen-bond acceptors (Lipinski definition) is 2. The van der Waals surface area contributed by atoms with Gasteiger partial charge >= 0.3 is 0 Å². The number of benzene rings is 2. The highest BCUT2D eigenvalue weighted by Crippen LogP contribution is 2.32. The molecule has 0 saturated carbocycles. The van der Waals surface area contributed by atoms with Crippen molar-refractivity contribution < 1.29 is 5.11 Å². The molecule has 1 unspecified atom stereocenters. The smallest absolute Gasteiger partial charge is 0.121 e. The fourth-order valence-corrected chi connectivity index (χ4v) is 2.67. The lowest BCUT2D eigenvalue weighted by atomic mass is 10.0. The summed E-state index contributed by atoms with van der Waals surface area (Å²) in [5.74, 6) is 0.389. The average molecular weight is 283 g/mol. The maximum absolute atomic E-state index is 10.3. The van der Waals surface area contributed by atoms with Crippen LogP contribution in [0.4, 0.5) is 5.69 Å². The average Bonchev–Trinajstić information content (AvgIpc) is 2.48. The van der Waals surface area contributed by atoms with E-state index in [9.17, 15) is 5.11 Å². The number of hydrogen-bond donors (Lipinski definition) is 1. The van der Waals surface area contributed by atoms with Crippen molar-refractivity contribution in [3.8, 4) is 5.75 Å². The summed E-state index contributed by atoms with van der Waals surface area (Å²) in [6, 6.07) is 16.5. The highest BCUT2D eigenvalue weighted by Gasteiger charge is 2.18. The van der Waals surface area contributed by atoms with Crippen molar-refractivity contribution in [1.29, 1.82) is 0 Å². The third kappa shape index (κ3) is 3.78. The molecule has 2 aromatic rings. The van der Waals surface area contributed by atoms with Crippen LogP contribution in [0.3, 0.4) is 0 Å². The standard InChI is InChI=1S/C19H25NO/c1-4-5-13-20(17-9-7-6-8-10-17)16(3)18-12-11-15(2)14-19(18)21/h6-12,14,16,21H,4-5,13H2,1-3H3. The lowest BCUT2D eigenvalue weighted by Gasteiger charge is -2.32. The van der Waals surface area contributed by atoms with E-state index in [2.05, 4.69) is 49.1 Å². The van der Waals surface area contributed by atoms with Crippen molar-refractivity contribution in [3.63, 3.8) is 0 Å². The van der Waals surface area contributed by atoms with E-state index in [1.165, 1.54) is 5.69 Å². The Kier molecular flexibility index (Phi) is 5.26. The Hall–Kier alpha value is -1.96. The van der Waals surface area contributed by atoms with Crippen LogP contribution >= 0.6 is 0 Å². The minimum absolute atomic E-state index is 0.152. The molecule has 0 fully saturated rings. The first-order valence-electron chi connectivity index (χ1n) is 7.74. The zero-order valence-corrected chi connectivity index (χ0v) is 13.2. The molecule has 21 heavy (non-hydrogen) atoms. The molecule has 0 radical (unpaired) electrons. The molecule has 1 N–H and O–H groups in total. The van der Waals surface area contributed by atoms with Gasteiger partial charge in [-0.05, 0) is 44.0 Å². The van der Waals surface area contributed by atoms with Crippen molar-refractivity contribution in [3.05, 3.63) is 59.7 Å². The number of phenols is 1. The normalized spacial score (nSPS) is 12.1. The molecule has 2 nitrogen and oxygen atoms in total. The van der Waals surface area contributed by atoms with Crippen molar-refractivity contribution >= 4 is 5.69 Å². The van der Waals surface area contributed by atoms with E-state index in [4.69, 9.17) is 0 Å². The van der Waals surface area contributed by atoms with Crippen LogP contribution in [0.1, 0.15) is 43.9 Å². The summed E-state index contributed by atoms with van der Waals surface area (Å²) in [4.78, 5) is 2.37. The van der Waals surface area contributed by atoms with E-state index in [0.29, 0.717) is 5.75 Å². The summed E-state index contributed by atoms with van der Waals surface area (Å²) in [7, 11) is 0. The predicted octanol–water partition coefficient (Wildman–Crippen LogP) is 5.07. The van der Waals surface area contributed by atoms with Gasteiger partial charge in [-0.3, -0.25) is 0 Å². The number of unbranched alkanes of at least 4 members (excludes halogenated alkanes) is 1. The molecule has 0 aliphatic rings. The van der Waals surface area contributed by atoms with E-state index in [-0.39, 0.29) is 6.04 Å². The molecule has 112 valence electrons. The van der Waals surface area contributed by atoms with Crippen molar-refractivity contribution in [2.24, 2.45) is 0 Å². The largest absolute Gasteiger partial charge is 0.508 e. The summed E-state index contributed by atoms with van der Waals surface area (Å²) in [6.07, 6.45) is 2.31. The molecular weight excluding hydrogens is 258 g/mol. The summed E-state index contributed by atoms with van der Waals surface area (Å²) in [5.41, 5.74) is 3.28. The molecule has 0 amide bonds. The SMILES string of the molecule is CCCCN(c1ccccc1)C(C)c1ccc(C)cc1O. The first kappa shape index (κ1) is 15.4. The van der Waals surface area contributed by atoms with Crippen LogP contribution in [-0.4, -0.2) is 11.7 Å². The molecule has 0 aliphatic heterocycles. The molecule has 2 heteroatoms. The zero-order valence-electron chi connectivity index (χ0n) is 13.2. The Morgan fingerprint density at radius 2 is 1.81 bits per heavy atom. The van der Waals surface area contributed by atoms with E-state index in [1.807, 2.05) is 25.1 Å². The number of nitrogens with zero attached hydrogens (tertiary/aromatic N) is 1. The first-order valence-corrected chi connectivity index (χ1v) is 7.74. The molecule has 0 heterocycles. The Morgan fingerprint density at radius 1 is 1.10 bits per heavy atom. The van der Waals surface area contributed by atoms with Gasteiger partial charge in [0.2, 0.25) is 0 Å². The van der Waals surface area contributed by atoms with Gasteiger partial charge in [0.15, 0.2) is 0 Å². The minimum Gasteiger partial charge on any atom is -0.508 e. The fraction of sp³-hybridized carbons (Fsp3) is 0.368. The summed E-state index contributed by atoms with van der Waals surface area (Å²) < 4.78 is 0. The van der Waals surface area contributed by atoms with Crippen LogP contribution in [-0.2, 0) is 0 Å². The lowest BCUT2D eigenvalue weighted by Crippen LogP contribution is -2.28. The van der Waals surface area contributed by atoms with Gasteiger partial charge < -0.3 is 10.0 Å². The molecule has 0 bridgehead atoms. The van der Waals surface area contributed by atoms with Gasteiger partial charge in [-0.15, -0.1) is 0 Å². The third-order valence-corrected chi connectivity index (χ3v) is 3.94.